The van der Waals surface area contributed by atoms with Gasteiger partial charge in [-0.05, 0) is 24.6 Å². The minimum Gasteiger partial charge on any atom is -0.395 e. The summed E-state index contributed by atoms with van der Waals surface area (Å²) in [6.07, 6.45) is -9.48. The van der Waals surface area contributed by atoms with Gasteiger partial charge in [0.15, 0.2) is 0 Å². The van der Waals surface area contributed by atoms with E-state index in [0.717, 1.165) is 4.90 Å². The summed E-state index contributed by atoms with van der Waals surface area (Å²) in [6.45, 7) is 1.44. The Morgan fingerprint density at radius 2 is 1.54 bits per heavy atom. The molecule has 24 heavy (non-hydrogen) atoms. The van der Waals surface area contributed by atoms with Crippen LogP contribution in [0.2, 0.25) is 0 Å². The molecule has 0 heterocycles. The number of nitrogens with zero attached hydrogens (tertiary/aromatic N) is 1. The number of aliphatic hydroxyl groups is 1. The lowest BCUT2D eigenvalue weighted by molar-refractivity contribution is -0.143. The van der Waals surface area contributed by atoms with Crippen LogP contribution in [0.3, 0.4) is 0 Å². The summed E-state index contributed by atoms with van der Waals surface area (Å²) in [5.74, 6) is 0. The van der Waals surface area contributed by atoms with Crippen LogP contribution in [0, 0.1) is 0 Å². The maximum Gasteiger partial charge on any atom is 0.416 e. The molecule has 1 rings (SSSR count). The Balaban J connectivity index is 3.16. The number of amides is 2. The van der Waals surface area contributed by atoms with E-state index in [2.05, 4.69) is 0 Å². The molecule has 0 saturated carbocycles. The third-order valence-electron chi connectivity index (χ3n) is 2.99. The average Bonchev–Trinajstić information content (AvgIpc) is 2.44. The first-order valence-electron chi connectivity index (χ1n) is 6.95. The van der Waals surface area contributed by atoms with Crippen molar-refractivity contribution in [1.82, 2.24) is 4.90 Å². The van der Waals surface area contributed by atoms with Crippen molar-refractivity contribution in [1.29, 1.82) is 0 Å². The summed E-state index contributed by atoms with van der Waals surface area (Å²) >= 11 is 0. The maximum atomic E-state index is 12.8. The third-order valence-corrected chi connectivity index (χ3v) is 2.99. The van der Waals surface area contributed by atoms with Gasteiger partial charge >= 0.3 is 18.4 Å². The average molecular weight is 358 g/mol. The monoisotopic (exact) mass is 358 g/mol. The van der Waals surface area contributed by atoms with Gasteiger partial charge in [-0.25, -0.2) is 4.79 Å². The van der Waals surface area contributed by atoms with Crippen molar-refractivity contribution in [3.63, 3.8) is 0 Å². The number of hydrogen-bond acceptors (Lipinski definition) is 2. The van der Waals surface area contributed by atoms with E-state index >= 15 is 0 Å². The fraction of sp³-hybridized carbons (Fsp3) is 0.500. The summed E-state index contributed by atoms with van der Waals surface area (Å²) in [5.41, 5.74) is -3.66. The number of benzene rings is 1. The Bertz CT molecular complexity index is 533. The molecule has 0 saturated heterocycles. The lowest BCUT2D eigenvalue weighted by Gasteiger charge is -2.22. The van der Waals surface area contributed by atoms with Crippen LogP contribution >= 0.6 is 0 Å². The highest BCUT2D eigenvalue weighted by Gasteiger charge is 2.37. The van der Waals surface area contributed by atoms with Gasteiger partial charge in [-0.2, -0.15) is 26.3 Å². The van der Waals surface area contributed by atoms with Gasteiger partial charge in [0.05, 0.1) is 17.7 Å². The zero-order valence-electron chi connectivity index (χ0n) is 12.6. The van der Waals surface area contributed by atoms with Gasteiger partial charge in [0.25, 0.3) is 0 Å². The molecular weight excluding hydrogens is 342 g/mol. The minimum absolute atomic E-state index is 0.0206. The number of anilines is 1. The number of alkyl halides is 6. The van der Waals surface area contributed by atoms with Crippen molar-refractivity contribution < 1.29 is 36.2 Å². The van der Waals surface area contributed by atoms with Crippen LogP contribution in [-0.4, -0.2) is 35.7 Å². The first-order chi connectivity index (χ1) is 11.0. The number of halogens is 6. The molecule has 0 aliphatic heterocycles. The van der Waals surface area contributed by atoms with Gasteiger partial charge in [0, 0.05) is 18.8 Å². The van der Waals surface area contributed by atoms with Gasteiger partial charge in [-0.1, -0.05) is 6.92 Å². The zero-order chi connectivity index (χ0) is 18.5. The second-order valence-electron chi connectivity index (χ2n) is 4.94. The first kappa shape index (κ1) is 20.1. The highest BCUT2D eigenvalue weighted by Crippen LogP contribution is 2.37. The predicted octanol–water partition coefficient (Wildman–Crippen LogP) is 3.96. The molecule has 1 aromatic carbocycles. The molecule has 1 aromatic rings. The Morgan fingerprint density at radius 1 is 1.04 bits per heavy atom. The van der Waals surface area contributed by atoms with Crippen molar-refractivity contribution in [2.45, 2.75) is 25.7 Å². The molecule has 0 unspecified atom stereocenters. The molecular formula is C14H16F6N2O2. The van der Waals surface area contributed by atoms with Crippen LogP contribution in [0.15, 0.2) is 18.2 Å². The van der Waals surface area contributed by atoms with Gasteiger partial charge in [0.2, 0.25) is 0 Å². The summed E-state index contributed by atoms with van der Waals surface area (Å²) in [4.78, 5) is 13.0. The van der Waals surface area contributed by atoms with Crippen molar-refractivity contribution in [3.8, 4) is 0 Å². The minimum atomic E-state index is -4.99. The van der Waals surface area contributed by atoms with Crippen molar-refractivity contribution in [3.05, 3.63) is 29.3 Å². The molecule has 0 radical (unpaired) electrons. The molecule has 10 heteroatoms. The summed E-state index contributed by atoms with van der Waals surface area (Å²) in [6, 6.07) is -0.0575. The van der Waals surface area contributed by atoms with E-state index in [4.69, 9.17) is 5.11 Å². The number of aliphatic hydroxyl groups excluding tert-OH is 1. The van der Waals surface area contributed by atoms with Crippen LogP contribution in [0.4, 0.5) is 36.8 Å². The molecule has 0 aliphatic rings. The van der Waals surface area contributed by atoms with Crippen LogP contribution in [0.5, 0.6) is 0 Å². The number of carbonyl (C=O) groups is 1. The Morgan fingerprint density at radius 3 is 1.92 bits per heavy atom. The van der Waals surface area contributed by atoms with Crippen LogP contribution in [0.1, 0.15) is 24.5 Å². The van der Waals surface area contributed by atoms with E-state index in [1.54, 1.807) is 6.92 Å². The standard InChI is InChI=1S/C14H16F6N2O2/c1-2-3-22(4-5-23)12(24)21-11-7-9(13(15,16)17)6-10(8-11)14(18,19)20/h6-8,23H,2-5H2,1H3,(H,21,24). The van der Waals surface area contributed by atoms with Crippen LogP contribution in [-0.2, 0) is 12.4 Å². The molecule has 0 aromatic heterocycles. The molecule has 136 valence electrons. The van der Waals surface area contributed by atoms with Gasteiger partial charge in [-0.15, -0.1) is 0 Å². The van der Waals surface area contributed by atoms with E-state index in [-0.39, 0.29) is 25.8 Å². The smallest absolute Gasteiger partial charge is 0.395 e. The topological polar surface area (TPSA) is 52.6 Å². The predicted molar refractivity (Wildman–Crippen MR) is 74.4 cm³/mol. The second-order valence-corrected chi connectivity index (χ2v) is 4.94. The quantitative estimate of drug-likeness (QED) is 0.783. The molecule has 4 nitrogen and oxygen atoms in total. The number of rotatable bonds is 5. The van der Waals surface area contributed by atoms with Crippen molar-refractivity contribution >= 4 is 11.7 Å². The number of nitrogens with one attached hydrogen (secondary N) is 1. The van der Waals surface area contributed by atoms with E-state index < -0.39 is 35.2 Å². The maximum absolute atomic E-state index is 12.8. The fourth-order valence-corrected chi connectivity index (χ4v) is 1.94. The Labute approximate surface area is 134 Å². The van der Waals surface area contributed by atoms with Crippen molar-refractivity contribution in [2.24, 2.45) is 0 Å². The molecule has 0 fully saturated rings. The fourth-order valence-electron chi connectivity index (χ4n) is 1.94. The summed E-state index contributed by atoms with van der Waals surface area (Å²) in [7, 11) is 0. The van der Waals surface area contributed by atoms with Crippen LogP contribution in [0.25, 0.3) is 0 Å². The second kappa shape index (κ2) is 7.73. The van der Waals surface area contributed by atoms with E-state index in [1.807, 2.05) is 5.32 Å². The Hall–Kier alpha value is -1.97. The summed E-state index contributed by atoms with van der Waals surface area (Å²) < 4.78 is 76.5. The largest absolute Gasteiger partial charge is 0.416 e. The van der Waals surface area contributed by atoms with E-state index in [1.165, 1.54) is 0 Å². The third kappa shape index (κ3) is 5.59. The number of carbonyl (C=O) groups excluding carboxylic acids is 1. The van der Waals surface area contributed by atoms with Gasteiger partial charge in [0.1, 0.15) is 0 Å². The Kier molecular flexibility index (Phi) is 6.47. The normalized spacial score (nSPS) is 12.2. The highest BCUT2D eigenvalue weighted by molar-refractivity contribution is 5.89. The molecule has 0 atom stereocenters. The van der Waals surface area contributed by atoms with Gasteiger partial charge in [-0.3, -0.25) is 0 Å². The molecule has 0 aliphatic carbocycles. The molecule has 2 N–H and O–H groups in total. The summed E-state index contributed by atoms with van der Waals surface area (Å²) in [5, 5.41) is 10.9. The van der Waals surface area contributed by atoms with E-state index in [9.17, 15) is 31.1 Å². The number of urea groups is 1. The lowest BCUT2D eigenvalue weighted by atomic mass is 10.1. The van der Waals surface area contributed by atoms with E-state index in [0.29, 0.717) is 18.6 Å². The zero-order valence-corrected chi connectivity index (χ0v) is 12.6. The molecule has 0 bridgehead atoms. The highest BCUT2D eigenvalue weighted by atomic mass is 19.4. The molecule has 2 amide bonds. The van der Waals surface area contributed by atoms with Crippen molar-refractivity contribution in [2.75, 3.05) is 25.0 Å². The number of hydrogen-bond donors (Lipinski definition) is 2. The van der Waals surface area contributed by atoms with Gasteiger partial charge < -0.3 is 15.3 Å². The first-order valence-corrected chi connectivity index (χ1v) is 6.95. The van der Waals surface area contributed by atoms with Crippen LogP contribution < -0.4 is 5.32 Å². The molecule has 0 spiro atoms. The SMILES string of the molecule is CCCN(CCO)C(=O)Nc1cc(C(F)(F)F)cc(C(F)(F)F)c1. The lowest BCUT2D eigenvalue weighted by Crippen LogP contribution is -2.37.